The summed E-state index contributed by atoms with van der Waals surface area (Å²) < 4.78 is 5.45. The van der Waals surface area contributed by atoms with Gasteiger partial charge in [-0.3, -0.25) is 0 Å². The van der Waals surface area contributed by atoms with E-state index in [1.807, 2.05) is 0 Å². The first kappa shape index (κ1) is 12.3. The van der Waals surface area contributed by atoms with Crippen LogP contribution in [0.5, 0.6) is 0 Å². The van der Waals surface area contributed by atoms with E-state index in [1.165, 1.54) is 32.1 Å². The van der Waals surface area contributed by atoms with E-state index in [0.717, 1.165) is 25.8 Å². The minimum absolute atomic E-state index is 0.354. The lowest BCUT2D eigenvalue weighted by Gasteiger charge is -2.34. The molecule has 3 nitrogen and oxygen atoms in total. The van der Waals surface area contributed by atoms with Gasteiger partial charge in [0.15, 0.2) is 0 Å². The maximum absolute atomic E-state index is 10.4. The molecule has 16 heavy (non-hydrogen) atoms. The van der Waals surface area contributed by atoms with E-state index in [9.17, 15) is 5.11 Å². The van der Waals surface area contributed by atoms with Crippen LogP contribution in [0.15, 0.2) is 0 Å². The molecule has 2 aliphatic rings. The maximum Gasteiger partial charge on any atom is 0.0771 e. The average molecular weight is 227 g/mol. The second-order valence-corrected chi connectivity index (χ2v) is 5.48. The Kier molecular flexibility index (Phi) is 4.22. The molecule has 0 spiro atoms. The normalized spacial score (nSPS) is 34.1. The lowest BCUT2D eigenvalue weighted by atomic mass is 9.84. The fourth-order valence-corrected chi connectivity index (χ4v) is 3.15. The minimum Gasteiger partial charge on any atom is -0.389 e. The van der Waals surface area contributed by atoms with Crippen molar-refractivity contribution < 1.29 is 9.84 Å². The SMILES string of the molecule is COC1CCCC1NCC1(O)CCCCC1. The van der Waals surface area contributed by atoms with Gasteiger partial charge in [-0.15, -0.1) is 0 Å². The van der Waals surface area contributed by atoms with E-state index < -0.39 is 5.60 Å². The standard InChI is InChI=1S/C13H25NO2/c1-16-12-7-5-6-11(12)14-10-13(15)8-3-2-4-9-13/h11-12,14-15H,2-10H2,1H3. The molecular weight excluding hydrogens is 202 g/mol. The molecule has 0 aliphatic heterocycles. The summed E-state index contributed by atoms with van der Waals surface area (Å²) in [6, 6.07) is 0.455. The summed E-state index contributed by atoms with van der Waals surface area (Å²) in [6.45, 7) is 0.748. The largest absolute Gasteiger partial charge is 0.389 e. The quantitative estimate of drug-likeness (QED) is 0.770. The van der Waals surface area contributed by atoms with Crippen molar-refractivity contribution in [1.29, 1.82) is 0 Å². The van der Waals surface area contributed by atoms with Crippen LogP contribution in [0.25, 0.3) is 0 Å². The highest BCUT2D eigenvalue weighted by Crippen LogP contribution is 2.28. The summed E-state index contributed by atoms with van der Waals surface area (Å²) in [5, 5.41) is 13.9. The molecule has 0 saturated heterocycles. The number of nitrogens with one attached hydrogen (secondary N) is 1. The van der Waals surface area contributed by atoms with Crippen LogP contribution in [-0.2, 0) is 4.74 Å². The minimum atomic E-state index is -0.445. The van der Waals surface area contributed by atoms with Crippen molar-refractivity contribution in [2.45, 2.75) is 69.1 Å². The molecule has 2 saturated carbocycles. The van der Waals surface area contributed by atoms with Crippen molar-refractivity contribution in [3.05, 3.63) is 0 Å². The molecule has 0 aromatic heterocycles. The second-order valence-electron chi connectivity index (χ2n) is 5.48. The van der Waals surface area contributed by atoms with Crippen molar-refractivity contribution in [2.24, 2.45) is 0 Å². The van der Waals surface area contributed by atoms with Crippen molar-refractivity contribution in [3.63, 3.8) is 0 Å². The zero-order valence-corrected chi connectivity index (χ0v) is 10.4. The van der Waals surface area contributed by atoms with Crippen molar-refractivity contribution in [3.8, 4) is 0 Å². The van der Waals surface area contributed by atoms with Gasteiger partial charge in [-0.1, -0.05) is 19.3 Å². The fraction of sp³-hybridized carbons (Fsp3) is 1.00. The Morgan fingerprint density at radius 1 is 1.19 bits per heavy atom. The van der Waals surface area contributed by atoms with Crippen LogP contribution in [0.2, 0.25) is 0 Å². The Labute approximate surface area is 98.6 Å². The molecule has 2 aliphatic carbocycles. The predicted octanol–water partition coefficient (Wildman–Crippen LogP) is 1.84. The van der Waals surface area contributed by atoms with Crippen LogP contribution in [-0.4, -0.2) is 36.5 Å². The fourth-order valence-electron chi connectivity index (χ4n) is 3.15. The molecule has 0 aromatic carbocycles. The Bertz CT molecular complexity index is 214. The molecule has 2 fully saturated rings. The number of methoxy groups -OCH3 is 1. The first-order valence-corrected chi connectivity index (χ1v) is 6.72. The number of hydrogen-bond donors (Lipinski definition) is 2. The van der Waals surface area contributed by atoms with Gasteiger partial charge in [0.25, 0.3) is 0 Å². The highest BCUT2D eigenvalue weighted by molar-refractivity contribution is 4.90. The molecule has 2 N–H and O–H groups in total. The van der Waals surface area contributed by atoms with Crippen LogP contribution >= 0.6 is 0 Å². The number of hydrogen-bond acceptors (Lipinski definition) is 3. The van der Waals surface area contributed by atoms with Crippen LogP contribution in [0.4, 0.5) is 0 Å². The molecule has 94 valence electrons. The smallest absolute Gasteiger partial charge is 0.0771 e. The topological polar surface area (TPSA) is 41.5 Å². The summed E-state index contributed by atoms with van der Waals surface area (Å²) in [4.78, 5) is 0. The van der Waals surface area contributed by atoms with Gasteiger partial charge < -0.3 is 15.2 Å². The number of rotatable bonds is 4. The molecule has 0 aromatic rings. The molecule has 2 unspecified atom stereocenters. The van der Waals surface area contributed by atoms with Crippen LogP contribution < -0.4 is 5.32 Å². The summed E-state index contributed by atoms with van der Waals surface area (Å²) in [7, 11) is 1.79. The van der Waals surface area contributed by atoms with E-state index in [2.05, 4.69) is 5.32 Å². The Morgan fingerprint density at radius 2 is 1.94 bits per heavy atom. The van der Waals surface area contributed by atoms with Gasteiger partial charge in [-0.25, -0.2) is 0 Å². The monoisotopic (exact) mass is 227 g/mol. The van der Waals surface area contributed by atoms with Crippen LogP contribution in [0, 0.1) is 0 Å². The highest BCUT2D eigenvalue weighted by atomic mass is 16.5. The molecular formula is C13H25NO2. The van der Waals surface area contributed by atoms with E-state index in [4.69, 9.17) is 4.74 Å². The van der Waals surface area contributed by atoms with E-state index in [1.54, 1.807) is 7.11 Å². The third-order valence-corrected chi connectivity index (χ3v) is 4.23. The van der Waals surface area contributed by atoms with E-state index >= 15 is 0 Å². The van der Waals surface area contributed by atoms with Gasteiger partial charge in [-0.2, -0.15) is 0 Å². The van der Waals surface area contributed by atoms with Crippen LogP contribution in [0.3, 0.4) is 0 Å². The third kappa shape index (κ3) is 2.96. The van der Waals surface area contributed by atoms with Crippen LogP contribution in [0.1, 0.15) is 51.4 Å². The maximum atomic E-state index is 10.4. The van der Waals surface area contributed by atoms with Gasteiger partial charge in [0.1, 0.15) is 0 Å². The first-order valence-electron chi connectivity index (χ1n) is 6.72. The summed E-state index contributed by atoms with van der Waals surface area (Å²) >= 11 is 0. The van der Waals surface area contributed by atoms with Crippen molar-refractivity contribution >= 4 is 0 Å². The Morgan fingerprint density at radius 3 is 2.62 bits per heavy atom. The molecule has 0 radical (unpaired) electrons. The number of aliphatic hydroxyl groups is 1. The lowest BCUT2D eigenvalue weighted by Crippen LogP contribution is -2.48. The highest BCUT2D eigenvalue weighted by Gasteiger charge is 2.32. The summed E-state index contributed by atoms with van der Waals surface area (Å²) in [5.74, 6) is 0. The van der Waals surface area contributed by atoms with Crippen molar-refractivity contribution in [2.75, 3.05) is 13.7 Å². The Hall–Kier alpha value is -0.120. The summed E-state index contributed by atoms with van der Waals surface area (Å²) in [5.41, 5.74) is -0.445. The zero-order valence-electron chi connectivity index (χ0n) is 10.4. The molecule has 0 amide bonds. The van der Waals surface area contributed by atoms with Gasteiger partial charge >= 0.3 is 0 Å². The van der Waals surface area contributed by atoms with Crippen molar-refractivity contribution in [1.82, 2.24) is 5.32 Å². The van der Waals surface area contributed by atoms with Gasteiger partial charge in [0.05, 0.1) is 11.7 Å². The van der Waals surface area contributed by atoms with Gasteiger partial charge in [0.2, 0.25) is 0 Å². The molecule has 0 bridgehead atoms. The average Bonchev–Trinajstić information content (AvgIpc) is 2.75. The van der Waals surface area contributed by atoms with E-state index in [-0.39, 0.29) is 0 Å². The predicted molar refractivity (Wildman–Crippen MR) is 64.5 cm³/mol. The molecule has 2 rings (SSSR count). The third-order valence-electron chi connectivity index (χ3n) is 4.23. The zero-order chi connectivity index (χ0) is 11.4. The second kappa shape index (κ2) is 5.48. The van der Waals surface area contributed by atoms with E-state index in [0.29, 0.717) is 12.1 Å². The first-order chi connectivity index (χ1) is 7.73. The molecule has 2 atom stereocenters. The molecule has 3 heteroatoms. The molecule has 0 heterocycles. The van der Waals surface area contributed by atoms with Gasteiger partial charge in [0, 0.05) is 19.7 Å². The Balaban J connectivity index is 1.77. The summed E-state index contributed by atoms with van der Waals surface area (Å²) in [6.07, 6.45) is 9.51. The number of ether oxygens (including phenoxy) is 1. The lowest BCUT2D eigenvalue weighted by molar-refractivity contribution is -0.00338. The van der Waals surface area contributed by atoms with Gasteiger partial charge in [-0.05, 0) is 32.1 Å².